The summed E-state index contributed by atoms with van der Waals surface area (Å²) in [5, 5.41) is 0. The first-order valence-corrected chi connectivity index (χ1v) is 5.75. The molecule has 2 N–H and O–H groups in total. The molecule has 1 fully saturated rings. The molecule has 90 valence electrons. The second kappa shape index (κ2) is 4.25. The van der Waals surface area contributed by atoms with E-state index in [1.165, 1.54) is 0 Å². The van der Waals surface area contributed by atoms with Crippen molar-refractivity contribution in [2.75, 3.05) is 38.6 Å². The van der Waals surface area contributed by atoms with Gasteiger partial charge in [-0.15, -0.1) is 0 Å². The van der Waals surface area contributed by atoms with E-state index in [0.29, 0.717) is 12.3 Å². The molecule has 0 atom stereocenters. The number of nitrogens with two attached hydrogens (primary N) is 1. The topological polar surface area (TPSA) is 60.1 Å². The minimum Gasteiger partial charge on any atom is -0.483 e. The van der Waals surface area contributed by atoms with E-state index < -0.39 is 0 Å². The van der Waals surface area contributed by atoms with Gasteiger partial charge in [0.1, 0.15) is 23.9 Å². The third kappa shape index (κ3) is 2.06. The van der Waals surface area contributed by atoms with Gasteiger partial charge in [-0.3, -0.25) is 0 Å². The largest absolute Gasteiger partial charge is 0.483 e. The number of hydrogen-bond acceptors (Lipinski definition) is 5. The number of ether oxygens (including phenoxy) is 2. The first-order valence-electron chi connectivity index (χ1n) is 5.75. The van der Waals surface area contributed by atoms with Gasteiger partial charge in [-0.05, 0) is 12.1 Å². The van der Waals surface area contributed by atoms with Crippen LogP contribution in [-0.2, 0) is 4.74 Å². The van der Waals surface area contributed by atoms with Gasteiger partial charge in [0.2, 0.25) is 0 Å². The van der Waals surface area contributed by atoms with E-state index in [4.69, 9.17) is 15.2 Å². The maximum atomic E-state index is 5.70. The van der Waals surface area contributed by atoms with E-state index in [1.807, 2.05) is 18.2 Å². The average Bonchev–Trinajstić information content (AvgIpc) is 2.39. The van der Waals surface area contributed by atoms with E-state index in [1.54, 1.807) is 0 Å². The van der Waals surface area contributed by atoms with Crippen LogP contribution in [0.2, 0.25) is 0 Å². The predicted molar refractivity (Wildman–Crippen MR) is 65.8 cm³/mol. The standard InChI is InChI=1S/C12H15N3O2/c13-9-1-2-10-11(7-9)17-8-12(14-10)15-3-5-16-6-4-15/h1-2,7H,3-6,8,13H2. The first kappa shape index (κ1) is 10.4. The van der Waals surface area contributed by atoms with Crippen molar-refractivity contribution in [2.24, 2.45) is 4.99 Å². The fourth-order valence-corrected chi connectivity index (χ4v) is 2.04. The van der Waals surface area contributed by atoms with Crippen molar-refractivity contribution >= 4 is 17.2 Å². The summed E-state index contributed by atoms with van der Waals surface area (Å²) >= 11 is 0. The highest BCUT2D eigenvalue weighted by Crippen LogP contribution is 2.32. The Balaban J connectivity index is 1.86. The van der Waals surface area contributed by atoms with E-state index in [9.17, 15) is 0 Å². The molecule has 0 spiro atoms. The smallest absolute Gasteiger partial charge is 0.147 e. The van der Waals surface area contributed by atoms with Gasteiger partial charge < -0.3 is 20.1 Å². The van der Waals surface area contributed by atoms with E-state index >= 15 is 0 Å². The monoisotopic (exact) mass is 233 g/mol. The lowest BCUT2D eigenvalue weighted by molar-refractivity contribution is 0.0658. The molecule has 0 saturated carbocycles. The fraction of sp³-hybridized carbons (Fsp3) is 0.417. The molecule has 2 aliphatic heterocycles. The molecule has 0 aliphatic carbocycles. The van der Waals surface area contributed by atoms with Gasteiger partial charge in [0.15, 0.2) is 0 Å². The summed E-state index contributed by atoms with van der Waals surface area (Å²) in [6, 6.07) is 5.55. The summed E-state index contributed by atoms with van der Waals surface area (Å²) in [7, 11) is 0. The molecule has 3 rings (SSSR count). The molecule has 0 unspecified atom stereocenters. The zero-order valence-electron chi connectivity index (χ0n) is 9.56. The number of rotatable bonds is 0. The lowest BCUT2D eigenvalue weighted by Crippen LogP contribution is -2.43. The van der Waals surface area contributed by atoms with Crippen LogP contribution in [0.5, 0.6) is 5.75 Å². The number of nitrogen functional groups attached to an aromatic ring is 1. The number of amidine groups is 1. The molecule has 0 radical (unpaired) electrons. The summed E-state index contributed by atoms with van der Waals surface area (Å²) < 4.78 is 11.0. The summed E-state index contributed by atoms with van der Waals surface area (Å²) in [6.07, 6.45) is 0. The Labute approximate surface area is 99.8 Å². The molecule has 0 aromatic heterocycles. The quantitative estimate of drug-likeness (QED) is 0.680. The van der Waals surface area contributed by atoms with Crippen LogP contribution in [0.3, 0.4) is 0 Å². The summed E-state index contributed by atoms with van der Waals surface area (Å²) in [5.74, 6) is 1.74. The summed E-state index contributed by atoms with van der Waals surface area (Å²) in [5.41, 5.74) is 7.26. The van der Waals surface area contributed by atoms with Crippen molar-refractivity contribution in [2.45, 2.75) is 0 Å². The van der Waals surface area contributed by atoms with Crippen molar-refractivity contribution in [3.63, 3.8) is 0 Å². The van der Waals surface area contributed by atoms with Gasteiger partial charge in [0.25, 0.3) is 0 Å². The molecular formula is C12H15N3O2. The van der Waals surface area contributed by atoms with Gasteiger partial charge in [-0.2, -0.15) is 0 Å². The molecule has 1 aromatic carbocycles. The Morgan fingerprint density at radius 1 is 1.24 bits per heavy atom. The Morgan fingerprint density at radius 3 is 2.88 bits per heavy atom. The molecule has 2 heterocycles. The highest BCUT2D eigenvalue weighted by atomic mass is 16.5. The van der Waals surface area contributed by atoms with Crippen molar-refractivity contribution in [3.05, 3.63) is 18.2 Å². The number of nitrogens with zero attached hydrogens (tertiary/aromatic N) is 2. The van der Waals surface area contributed by atoms with Crippen LogP contribution in [0.1, 0.15) is 0 Å². The van der Waals surface area contributed by atoms with Gasteiger partial charge in [-0.25, -0.2) is 4.99 Å². The highest BCUT2D eigenvalue weighted by Gasteiger charge is 2.20. The van der Waals surface area contributed by atoms with Gasteiger partial charge in [0.05, 0.1) is 13.2 Å². The third-order valence-electron chi connectivity index (χ3n) is 2.97. The number of hydrogen-bond donors (Lipinski definition) is 1. The Bertz CT molecular complexity index is 453. The van der Waals surface area contributed by atoms with Crippen LogP contribution in [-0.4, -0.2) is 43.6 Å². The first-order chi connectivity index (χ1) is 8.33. The minimum atomic E-state index is 0.510. The second-order valence-electron chi connectivity index (χ2n) is 4.14. The van der Waals surface area contributed by atoms with Gasteiger partial charge in [0, 0.05) is 24.8 Å². The van der Waals surface area contributed by atoms with E-state index in [-0.39, 0.29) is 0 Å². The molecule has 1 saturated heterocycles. The van der Waals surface area contributed by atoms with Crippen LogP contribution < -0.4 is 10.5 Å². The van der Waals surface area contributed by atoms with Crippen LogP contribution in [0, 0.1) is 0 Å². The van der Waals surface area contributed by atoms with Crippen LogP contribution in [0.25, 0.3) is 0 Å². The Kier molecular flexibility index (Phi) is 2.60. The average molecular weight is 233 g/mol. The third-order valence-corrected chi connectivity index (χ3v) is 2.97. The number of anilines is 1. The van der Waals surface area contributed by atoms with Crippen LogP contribution in [0.4, 0.5) is 11.4 Å². The normalized spacial score (nSPS) is 19.3. The molecular weight excluding hydrogens is 218 g/mol. The van der Waals surface area contributed by atoms with Crippen molar-refractivity contribution in [1.29, 1.82) is 0 Å². The number of aliphatic imine (C=N–C) groups is 1. The van der Waals surface area contributed by atoms with Crippen LogP contribution >= 0.6 is 0 Å². The Morgan fingerprint density at radius 2 is 2.06 bits per heavy atom. The zero-order valence-corrected chi connectivity index (χ0v) is 9.56. The fourth-order valence-electron chi connectivity index (χ4n) is 2.04. The molecule has 0 amide bonds. The molecule has 5 heteroatoms. The molecule has 2 aliphatic rings. The molecule has 5 nitrogen and oxygen atoms in total. The van der Waals surface area contributed by atoms with Crippen molar-refractivity contribution < 1.29 is 9.47 Å². The second-order valence-corrected chi connectivity index (χ2v) is 4.14. The Hall–Kier alpha value is -1.75. The molecule has 1 aromatic rings. The number of benzene rings is 1. The zero-order chi connectivity index (χ0) is 11.7. The SMILES string of the molecule is Nc1ccc2c(c1)OCC(N1CCOCC1)=N2. The minimum absolute atomic E-state index is 0.510. The maximum Gasteiger partial charge on any atom is 0.147 e. The van der Waals surface area contributed by atoms with Gasteiger partial charge >= 0.3 is 0 Å². The van der Waals surface area contributed by atoms with Crippen molar-refractivity contribution in [1.82, 2.24) is 4.90 Å². The van der Waals surface area contributed by atoms with Crippen molar-refractivity contribution in [3.8, 4) is 5.75 Å². The van der Waals surface area contributed by atoms with Crippen LogP contribution in [0.15, 0.2) is 23.2 Å². The van der Waals surface area contributed by atoms with E-state index in [2.05, 4.69) is 9.89 Å². The molecule has 0 bridgehead atoms. The van der Waals surface area contributed by atoms with E-state index in [0.717, 1.165) is 43.6 Å². The number of fused-ring (bicyclic) bond motifs is 1. The lowest BCUT2D eigenvalue weighted by Gasteiger charge is -2.31. The van der Waals surface area contributed by atoms with Gasteiger partial charge in [-0.1, -0.05) is 0 Å². The summed E-state index contributed by atoms with van der Waals surface area (Å²) in [4.78, 5) is 6.83. The number of morpholine rings is 1. The maximum absolute atomic E-state index is 5.70. The highest BCUT2D eigenvalue weighted by molar-refractivity contribution is 5.89. The summed E-state index contributed by atoms with van der Waals surface area (Å²) in [6.45, 7) is 3.79. The molecule has 17 heavy (non-hydrogen) atoms. The lowest BCUT2D eigenvalue weighted by atomic mass is 10.2. The predicted octanol–water partition coefficient (Wildman–Crippen LogP) is 1.02.